The van der Waals surface area contributed by atoms with Crippen molar-refractivity contribution in [1.82, 2.24) is 5.32 Å². The molecular formula is C17H19FN2O2. The molecule has 2 aromatic carbocycles. The number of rotatable bonds is 7. The molecule has 0 fully saturated rings. The first-order valence-corrected chi connectivity index (χ1v) is 7.04. The fourth-order valence-corrected chi connectivity index (χ4v) is 1.85. The minimum atomic E-state index is -0.380. The Morgan fingerprint density at radius 2 is 1.82 bits per heavy atom. The maximum absolute atomic E-state index is 13.4. The molecule has 0 unspecified atom stereocenters. The number of nitrogens with two attached hydrogens (primary N) is 1. The van der Waals surface area contributed by atoms with Crippen LogP contribution in [0.25, 0.3) is 0 Å². The van der Waals surface area contributed by atoms with Crippen LogP contribution in [0.15, 0.2) is 48.5 Å². The summed E-state index contributed by atoms with van der Waals surface area (Å²) in [5, 5.41) is 3.03. The molecular weight excluding hydrogens is 283 g/mol. The summed E-state index contributed by atoms with van der Waals surface area (Å²) >= 11 is 0. The molecule has 5 heteroatoms. The smallest absolute Gasteiger partial charge is 0.234 e. The summed E-state index contributed by atoms with van der Waals surface area (Å²) in [6.07, 6.45) is 0. The van der Waals surface area contributed by atoms with Crippen molar-refractivity contribution >= 4 is 5.91 Å². The number of hydrogen-bond acceptors (Lipinski definition) is 3. The minimum Gasteiger partial charge on any atom is -0.486 e. The third-order valence-corrected chi connectivity index (χ3v) is 3.29. The van der Waals surface area contributed by atoms with Crippen molar-refractivity contribution in [3.8, 4) is 5.75 Å². The minimum absolute atomic E-state index is 0.239. The van der Waals surface area contributed by atoms with Crippen molar-refractivity contribution in [3.63, 3.8) is 0 Å². The Labute approximate surface area is 129 Å². The van der Waals surface area contributed by atoms with E-state index in [4.69, 9.17) is 10.5 Å². The molecule has 2 rings (SSSR count). The van der Waals surface area contributed by atoms with Crippen LogP contribution in [0, 0.1) is 5.82 Å². The van der Waals surface area contributed by atoms with Gasteiger partial charge in [-0.2, -0.15) is 0 Å². The average Bonchev–Trinajstić information content (AvgIpc) is 2.52. The molecule has 0 radical (unpaired) electrons. The number of para-hydroxylation sites is 1. The lowest BCUT2D eigenvalue weighted by atomic mass is 10.1. The van der Waals surface area contributed by atoms with Crippen molar-refractivity contribution in [1.29, 1.82) is 0 Å². The fourth-order valence-electron chi connectivity index (χ4n) is 1.85. The highest BCUT2D eigenvalue weighted by atomic mass is 19.1. The van der Waals surface area contributed by atoms with Gasteiger partial charge in [0.1, 0.15) is 6.61 Å². The first kappa shape index (κ1) is 16.0. The van der Waals surface area contributed by atoms with Crippen LogP contribution in [0.2, 0.25) is 0 Å². The van der Waals surface area contributed by atoms with Gasteiger partial charge in [-0.1, -0.05) is 36.4 Å². The molecule has 116 valence electrons. The number of hydrogen-bond donors (Lipinski definition) is 2. The molecule has 1 amide bonds. The maximum Gasteiger partial charge on any atom is 0.234 e. The Balaban J connectivity index is 1.87. The Kier molecular flexibility index (Phi) is 5.49. The van der Waals surface area contributed by atoms with Gasteiger partial charge in [0.25, 0.3) is 0 Å². The van der Waals surface area contributed by atoms with Crippen LogP contribution in [-0.2, 0) is 17.9 Å². The molecule has 0 bridgehead atoms. The van der Waals surface area contributed by atoms with Gasteiger partial charge in [0.2, 0.25) is 5.91 Å². The second kappa shape index (κ2) is 7.56. The summed E-state index contributed by atoms with van der Waals surface area (Å²) in [5.74, 6) is -0.512. The van der Waals surface area contributed by atoms with E-state index < -0.39 is 0 Å². The summed E-state index contributed by atoms with van der Waals surface area (Å²) in [6.45, 7) is 2.57. The number of carbonyl (C=O) groups excluding carboxylic acids is 1. The number of halogens is 1. The van der Waals surface area contributed by atoms with E-state index in [1.807, 2.05) is 24.3 Å². The first-order chi connectivity index (χ1) is 10.6. The monoisotopic (exact) mass is 302 g/mol. The van der Waals surface area contributed by atoms with Gasteiger partial charge in [-0.15, -0.1) is 0 Å². The zero-order chi connectivity index (χ0) is 15.9. The van der Waals surface area contributed by atoms with Crippen molar-refractivity contribution < 1.29 is 13.9 Å². The van der Waals surface area contributed by atoms with Crippen LogP contribution in [0.4, 0.5) is 4.39 Å². The van der Waals surface area contributed by atoms with Crippen LogP contribution >= 0.6 is 0 Å². The number of primary amides is 1. The highest BCUT2D eigenvalue weighted by Gasteiger charge is 2.07. The summed E-state index contributed by atoms with van der Waals surface area (Å²) in [6, 6.07) is 13.6. The number of nitrogens with one attached hydrogen (secondary N) is 1. The topological polar surface area (TPSA) is 64.3 Å². The molecule has 22 heavy (non-hydrogen) atoms. The largest absolute Gasteiger partial charge is 0.486 e. The first-order valence-electron chi connectivity index (χ1n) is 7.04. The molecule has 0 aliphatic rings. The number of benzene rings is 2. The fraction of sp³-hybridized carbons (Fsp3) is 0.235. The summed E-state index contributed by atoms with van der Waals surface area (Å²) in [7, 11) is 0. The molecule has 0 aliphatic carbocycles. The van der Waals surface area contributed by atoms with Gasteiger partial charge in [-0.25, -0.2) is 4.39 Å². The van der Waals surface area contributed by atoms with Crippen LogP contribution in [0.3, 0.4) is 0 Å². The van der Waals surface area contributed by atoms with E-state index in [2.05, 4.69) is 5.32 Å². The number of carbonyl (C=O) groups is 1. The quantitative estimate of drug-likeness (QED) is 0.825. The van der Waals surface area contributed by atoms with E-state index in [1.54, 1.807) is 25.1 Å². The average molecular weight is 302 g/mol. The predicted octanol–water partition coefficient (Wildman–Crippen LogP) is 2.37. The Bertz CT molecular complexity index is 629. The molecule has 2 aromatic rings. The number of ether oxygens (including phenoxy) is 1. The van der Waals surface area contributed by atoms with E-state index >= 15 is 0 Å². The SMILES string of the molecule is C[C@@H](NCc1ccc(COc2ccccc2F)cc1)C(N)=O. The molecule has 1 atom stereocenters. The molecule has 0 aromatic heterocycles. The van der Waals surface area contributed by atoms with Gasteiger partial charge < -0.3 is 15.8 Å². The highest BCUT2D eigenvalue weighted by Crippen LogP contribution is 2.17. The summed E-state index contributed by atoms with van der Waals surface area (Å²) in [4.78, 5) is 10.9. The third kappa shape index (κ3) is 4.56. The molecule has 4 nitrogen and oxygen atoms in total. The molecule has 0 heterocycles. The highest BCUT2D eigenvalue weighted by molar-refractivity contribution is 5.79. The molecule has 0 saturated heterocycles. The maximum atomic E-state index is 13.4. The van der Waals surface area contributed by atoms with Crippen LogP contribution < -0.4 is 15.8 Å². The van der Waals surface area contributed by atoms with E-state index in [9.17, 15) is 9.18 Å². The molecule has 0 spiro atoms. The summed E-state index contributed by atoms with van der Waals surface area (Å²) < 4.78 is 18.9. The summed E-state index contributed by atoms with van der Waals surface area (Å²) in [5.41, 5.74) is 7.15. The van der Waals surface area contributed by atoms with Crippen molar-refractivity contribution in [3.05, 3.63) is 65.5 Å². The standard InChI is InChI=1S/C17H19FN2O2/c1-12(17(19)21)20-10-13-6-8-14(9-7-13)11-22-16-5-3-2-4-15(16)18/h2-9,12,20H,10-11H2,1H3,(H2,19,21)/t12-/m1/s1. The van der Waals surface area contributed by atoms with Crippen molar-refractivity contribution in [2.45, 2.75) is 26.1 Å². The lowest BCUT2D eigenvalue weighted by Crippen LogP contribution is -2.38. The van der Waals surface area contributed by atoms with Gasteiger partial charge >= 0.3 is 0 Å². The van der Waals surface area contributed by atoms with Gasteiger partial charge in [-0.05, 0) is 30.2 Å². The van der Waals surface area contributed by atoms with Crippen LogP contribution in [0.1, 0.15) is 18.1 Å². The van der Waals surface area contributed by atoms with Crippen molar-refractivity contribution in [2.75, 3.05) is 0 Å². The second-order valence-corrected chi connectivity index (χ2v) is 5.04. The zero-order valence-corrected chi connectivity index (χ0v) is 12.4. The zero-order valence-electron chi connectivity index (χ0n) is 12.4. The van der Waals surface area contributed by atoms with E-state index in [0.717, 1.165) is 11.1 Å². The lowest BCUT2D eigenvalue weighted by molar-refractivity contribution is -0.119. The van der Waals surface area contributed by atoms with Crippen molar-refractivity contribution in [2.24, 2.45) is 5.73 Å². The van der Waals surface area contributed by atoms with Gasteiger partial charge in [0, 0.05) is 6.54 Å². The van der Waals surface area contributed by atoms with Crippen LogP contribution in [0.5, 0.6) is 5.75 Å². The molecule has 3 N–H and O–H groups in total. The second-order valence-electron chi connectivity index (χ2n) is 5.04. The molecule has 0 saturated carbocycles. The van der Waals surface area contributed by atoms with E-state index in [0.29, 0.717) is 13.2 Å². The number of amides is 1. The van der Waals surface area contributed by atoms with Gasteiger partial charge in [0.05, 0.1) is 6.04 Å². The third-order valence-electron chi connectivity index (χ3n) is 3.29. The molecule has 0 aliphatic heterocycles. The Morgan fingerprint density at radius 3 is 2.45 bits per heavy atom. The van der Waals surface area contributed by atoms with E-state index in [-0.39, 0.29) is 23.5 Å². The predicted molar refractivity (Wildman–Crippen MR) is 82.7 cm³/mol. The van der Waals surface area contributed by atoms with Gasteiger partial charge in [0.15, 0.2) is 11.6 Å². The van der Waals surface area contributed by atoms with E-state index in [1.165, 1.54) is 6.07 Å². The Morgan fingerprint density at radius 1 is 1.18 bits per heavy atom. The van der Waals surface area contributed by atoms with Gasteiger partial charge in [-0.3, -0.25) is 4.79 Å². The normalized spacial score (nSPS) is 11.9. The lowest BCUT2D eigenvalue weighted by Gasteiger charge is -2.11. The van der Waals surface area contributed by atoms with Crippen LogP contribution in [-0.4, -0.2) is 11.9 Å². The Hall–Kier alpha value is -2.40.